The summed E-state index contributed by atoms with van der Waals surface area (Å²) in [5, 5.41) is 7.10. The first-order valence-electron chi connectivity index (χ1n) is 7.08. The van der Waals surface area contributed by atoms with E-state index in [0.717, 1.165) is 25.7 Å². The van der Waals surface area contributed by atoms with Gasteiger partial charge in [-0.3, -0.25) is 4.79 Å². The van der Waals surface area contributed by atoms with Crippen LogP contribution < -0.4 is 11.1 Å². The van der Waals surface area contributed by atoms with E-state index < -0.39 is 5.54 Å². The monoisotopic (exact) mass is 286 g/mol. The van der Waals surface area contributed by atoms with Gasteiger partial charge in [0, 0.05) is 18.2 Å². The number of nitrogens with two attached hydrogens (primary N) is 1. The summed E-state index contributed by atoms with van der Waals surface area (Å²) in [5.41, 5.74) is 6.34. The minimum atomic E-state index is -0.518. The molecule has 0 radical (unpaired) electrons. The fourth-order valence-electron chi connectivity index (χ4n) is 2.80. The summed E-state index contributed by atoms with van der Waals surface area (Å²) in [4.78, 5) is 16.8. The first-order chi connectivity index (χ1) is 10.1. The van der Waals surface area contributed by atoms with E-state index in [1.807, 2.05) is 0 Å². The smallest absolute Gasteiger partial charge is 0.252 e. The fraction of sp³-hybridized carbons (Fsp3) is 0.400. The van der Waals surface area contributed by atoms with Crippen molar-refractivity contribution >= 4 is 11.6 Å². The Morgan fingerprint density at radius 2 is 1.95 bits per heavy atom. The zero-order chi connectivity index (χ0) is 14.9. The molecule has 1 fully saturated rings. The lowest BCUT2D eigenvalue weighted by Crippen LogP contribution is -2.44. The number of carbonyl (C=O) groups is 1. The number of hydrogen-bond donors (Lipinski definition) is 2. The molecular formula is C15H18N4O2. The molecule has 1 aromatic carbocycles. The number of aryl methyl sites for hydroxylation is 1. The largest absolute Gasteiger partial charge is 0.399 e. The zero-order valence-electron chi connectivity index (χ0n) is 11.9. The normalized spacial score (nSPS) is 16.8. The maximum absolute atomic E-state index is 12.5. The number of anilines is 1. The van der Waals surface area contributed by atoms with Gasteiger partial charge in [0.25, 0.3) is 5.91 Å². The maximum Gasteiger partial charge on any atom is 0.252 e. The van der Waals surface area contributed by atoms with Crippen LogP contribution in [0.4, 0.5) is 5.69 Å². The van der Waals surface area contributed by atoms with E-state index in [1.165, 1.54) is 0 Å². The van der Waals surface area contributed by atoms with Crippen molar-refractivity contribution in [2.75, 3.05) is 5.73 Å². The van der Waals surface area contributed by atoms with E-state index in [1.54, 1.807) is 31.2 Å². The van der Waals surface area contributed by atoms with Crippen molar-refractivity contribution in [2.45, 2.75) is 38.1 Å². The molecule has 1 aliphatic carbocycles. The molecular weight excluding hydrogens is 268 g/mol. The van der Waals surface area contributed by atoms with E-state index in [9.17, 15) is 4.79 Å². The van der Waals surface area contributed by atoms with Gasteiger partial charge in [0.15, 0.2) is 5.82 Å². The summed E-state index contributed by atoms with van der Waals surface area (Å²) in [5.74, 6) is 0.943. The molecule has 1 heterocycles. The van der Waals surface area contributed by atoms with Crippen molar-refractivity contribution < 1.29 is 9.32 Å². The Kier molecular flexibility index (Phi) is 3.37. The number of benzene rings is 1. The predicted molar refractivity (Wildman–Crippen MR) is 77.5 cm³/mol. The summed E-state index contributed by atoms with van der Waals surface area (Å²) >= 11 is 0. The Balaban J connectivity index is 1.85. The van der Waals surface area contributed by atoms with Gasteiger partial charge in [-0.05, 0) is 37.1 Å². The molecule has 110 valence electrons. The van der Waals surface area contributed by atoms with Gasteiger partial charge >= 0.3 is 0 Å². The standard InChI is InChI=1S/C15H18N4O2/c1-10-17-14(19-21-10)15(8-2-3-9-15)18-13(20)11-4-6-12(16)7-5-11/h4-7H,2-3,8-9,16H2,1H3,(H,18,20). The number of aromatic nitrogens is 2. The van der Waals surface area contributed by atoms with Gasteiger partial charge in [-0.15, -0.1) is 0 Å². The number of nitrogens with one attached hydrogen (secondary N) is 1. The zero-order valence-corrected chi connectivity index (χ0v) is 11.9. The second-order valence-corrected chi connectivity index (χ2v) is 5.50. The second kappa shape index (κ2) is 5.20. The Morgan fingerprint density at radius 1 is 1.29 bits per heavy atom. The average molecular weight is 286 g/mol. The van der Waals surface area contributed by atoms with Crippen LogP contribution in [-0.2, 0) is 5.54 Å². The van der Waals surface area contributed by atoms with Gasteiger partial charge in [0.2, 0.25) is 5.89 Å². The molecule has 0 aliphatic heterocycles. The summed E-state index contributed by atoms with van der Waals surface area (Å²) in [6.45, 7) is 1.75. The number of nitrogens with zero attached hydrogens (tertiary/aromatic N) is 2. The highest BCUT2D eigenvalue weighted by molar-refractivity contribution is 5.95. The Bertz CT molecular complexity index is 642. The molecule has 21 heavy (non-hydrogen) atoms. The molecule has 1 amide bonds. The summed E-state index contributed by atoms with van der Waals surface area (Å²) in [6.07, 6.45) is 3.73. The average Bonchev–Trinajstić information content (AvgIpc) is 3.09. The number of nitrogen functional groups attached to an aromatic ring is 1. The second-order valence-electron chi connectivity index (χ2n) is 5.50. The maximum atomic E-state index is 12.5. The van der Waals surface area contributed by atoms with Crippen molar-refractivity contribution in [2.24, 2.45) is 0 Å². The highest BCUT2D eigenvalue weighted by Gasteiger charge is 2.41. The predicted octanol–water partition coefficient (Wildman–Crippen LogP) is 2.16. The van der Waals surface area contributed by atoms with Crippen LogP contribution in [-0.4, -0.2) is 16.0 Å². The van der Waals surface area contributed by atoms with E-state index >= 15 is 0 Å². The molecule has 1 saturated carbocycles. The Morgan fingerprint density at radius 3 is 2.52 bits per heavy atom. The lowest BCUT2D eigenvalue weighted by Gasteiger charge is -2.26. The molecule has 6 nitrogen and oxygen atoms in total. The summed E-state index contributed by atoms with van der Waals surface area (Å²) in [7, 11) is 0. The van der Waals surface area contributed by atoms with Crippen molar-refractivity contribution in [1.29, 1.82) is 0 Å². The summed E-state index contributed by atoms with van der Waals surface area (Å²) in [6, 6.07) is 6.87. The lowest BCUT2D eigenvalue weighted by molar-refractivity contribution is 0.0892. The number of rotatable bonds is 3. The van der Waals surface area contributed by atoms with Gasteiger partial charge in [0.1, 0.15) is 5.54 Å². The van der Waals surface area contributed by atoms with E-state index in [0.29, 0.717) is 23.0 Å². The van der Waals surface area contributed by atoms with Crippen LogP contribution in [0, 0.1) is 6.92 Å². The van der Waals surface area contributed by atoms with E-state index in [2.05, 4.69) is 15.5 Å². The summed E-state index contributed by atoms with van der Waals surface area (Å²) < 4.78 is 5.08. The van der Waals surface area contributed by atoms with Crippen molar-refractivity contribution in [1.82, 2.24) is 15.5 Å². The quantitative estimate of drug-likeness (QED) is 0.843. The molecule has 3 rings (SSSR count). The van der Waals surface area contributed by atoms with Crippen LogP contribution in [0.5, 0.6) is 0 Å². The van der Waals surface area contributed by atoms with Crippen LogP contribution in [0.3, 0.4) is 0 Å². The molecule has 2 aromatic rings. The van der Waals surface area contributed by atoms with Crippen LogP contribution in [0.1, 0.15) is 47.8 Å². The van der Waals surface area contributed by atoms with E-state index in [4.69, 9.17) is 10.3 Å². The van der Waals surface area contributed by atoms with Crippen molar-refractivity contribution in [3.8, 4) is 0 Å². The third kappa shape index (κ3) is 2.61. The highest BCUT2D eigenvalue weighted by Crippen LogP contribution is 2.37. The highest BCUT2D eigenvalue weighted by atomic mass is 16.5. The van der Waals surface area contributed by atoms with Gasteiger partial charge in [-0.25, -0.2) is 0 Å². The van der Waals surface area contributed by atoms with Gasteiger partial charge in [0.05, 0.1) is 0 Å². The van der Waals surface area contributed by atoms with Crippen LogP contribution in [0.25, 0.3) is 0 Å². The van der Waals surface area contributed by atoms with Crippen LogP contribution >= 0.6 is 0 Å². The van der Waals surface area contributed by atoms with Crippen molar-refractivity contribution in [3.63, 3.8) is 0 Å². The third-order valence-electron chi connectivity index (χ3n) is 3.94. The molecule has 1 aliphatic rings. The topological polar surface area (TPSA) is 94.0 Å². The van der Waals surface area contributed by atoms with Gasteiger partial charge < -0.3 is 15.6 Å². The number of hydrogen-bond acceptors (Lipinski definition) is 5. The van der Waals surface area contributed by atoms with E-state index in [-0.39, 0.29) is 5.91 Å². The van der Waals surface area contributed by atoms with Crippen molar-refractivity contribution in [3.05, 3.63) is 41.5 Å². The molecule has 0 spiro atoms. The Hall–Kier alpha value is -2.37. The van der Waals surface area contributed by atoms with Crippen LogP contribution in [0.2, 0.25) is 0 Å². The molecule has 1 aromatic heterocycles. The lowest BCUT2D eigenvalue weighted by atomic mass is 9.96. The molecule has 6 heteroatoms. The van der Waals surface area contributed by atoms with Gasteiger partial charge in [-0.1, -0.05) is 18.0 Å². The fourth-order valence-corrected chi connectivity index (χ4v) is 2.80. The Labute approximate surface area is 122 Å². The first-order valence-corrected chi connectivity index (χ1v) is 7.08. The molecule has 3 N–H and O–H groups in total. The minimum absolute atomic E-state index is 0.139. The number of carbonyl (C=O) groups excluding carboxylic acids is 1. The molecule has 0 bridgehead atoms. The molecule has 0 unspecified atom stereocenters. The third-order valence-corrected chi connectivity index (χ3v) is 3.94. The van der Waals surface area contributed by atoms with Crippen LogP contribution in [0.15, 0.2) is 28.8 Å². The molecule has 0 atom stereocenters. The number of amides is 1. The first kappa shape index (κ1) is 13.6. The molecule has 0 saturated heterocycles. The van der Waals surface area contributed by atoms with Gasteiger partial charge in [-0.2, -0.15) is 4.98 Å². The SMILES string of the molecule is Cc1nc(C2(NC(=O)c3ccc(N)cc3)CCCC2)no1. The minimum Gasteiger partial charge on any atom is -0.399 e.